The molecule has 82 valence electrons. The summed E-state index contributed by atoms with van der Waals surface area (Å²) in [6.07, 6.45) is 12.5. The molecule has 1 atom stereocenters. The predicted octanol–water partition coefficient (Wildman–Crippen LogP) is 2.75. The largest absolute Gasteiger partial charge is 0.271 e. The van der Waals surface area contributed by atoms with Gasteiger partial charge in [-0.1, -0.05) is 31.8 Å². The smallest absolute Gasteiger partial charge is 0.0213 e. The van der Waals surface area contributed by atoms with Crippen molar-refractivity contribution in [2.24, 2.45) is 11.8 Å². The average Bonchev–Trinajstić information content (AvgIpc) is 2.71. The number of nitrogens with two attached hydrogens (primary N) is 1. The van der Waals surface area contributed by atoms with Crippen LogP contribution in [-0.4, -0.2) is 6.04 Å². The molecule has 0 radical (unpaired) electrons. The SMILES string of the molecule is C=CCCC(CCC1CCCC1)NN. The van der Waals surface area contributed by atoms with E-state index in [1.54, 1.807) is 0 Å². The maximum Gasteiger partial charge on any atom is 0.0213 e. The number of hydrogen-bond donors (Lipinski definition) is 2. The van der Waals surface area contributed by atoms with E-state index in [2.05, 4.69) is 12.0 Å². The Balaban J connectivity index is 2.09. The highest BCUT2D eigenvalue weighted by atomic mass is 15.2. The van der Waals surface area contributed by atoms with Gasteiger partial charge in [-0.25, -0.2) is 0 Å². The summed E-state index contributed by atoms with van der Waals surface area (Å²) in [7, 11) is 0. The number of nitrogens with one attached hydrogen (secondary N) is 1. The van der Waals surface area contributed by atoms with Gasteiger partial charge in [-0.3, -0.25) is 11.3 Å². The summed E-state index contributed by atoms with van der Waals surface area (Å²) >= 11 is 0. The molecule has 1 fully saturated rings. The van der Waals surface area contributed by atoms with Crippen molar-refractivity contribution < 1.29 is 0 Å². The van der Waals surface area contributed by atoms with Crippen molar-refractivity contribution in [3.8, 4) is 0 Å². The van der Waals surface area contributed by atoms with E-state index in [1.165, 1.54) is 38.5 Å². The van der Waals surface area contributed by atoms with Gasteiger partial charge in [-0.15, -0.1) is 6.58 Å². The Hall–Kier alpha value is -0.340. The lowest BCUT2D eigenvalue weighted by Crippen LogP contribution is -2.35. The predicted molar refractivity (Wildman–Crippen MR) is 61.7 cm³/mol. The van der Waals surface area contributed by atoms with E-state index in [-0.39, 0.29) is 0 Å². The van der Waals surface area contributed by atoms with Crippen LogP contribution in [0.15, 0.2) is 12.7 Å². The molecule has 0 saturated heterocycles. The fourth-order valence-electron chi connectivity index (χ4n) is 2.37. The highest BCUT2D eigenvalue weighted by Gasteiger charge is 2.16. The third kappa shape index (κ3) is 4.25. The van der Waals surface area contributed by atoms with E-state index in [0.717, 1.165) is 18.8 Å². The van der Waals surface area contributed by atoms with Crippen LogP contribution >= 0.6 is 0 Å². The zero-order valence-electron chi connectivity index (χ0n) is 9.17. The summed E-state index contributed by atoms with van der Waals surface area (Å²) in [5.41, 5.74) is 2.91. The second-order valence-electron chi connectivity index (χ2n) is 4.46. The second-order valence-corrected chi connectivity index (χ2v) is 4.46. The van der Waals surface area contributed by atoms with E-state index in [0.29, 0.717) is 6.04 Å². The van der Waals surface area contributed by atoms with Gasteiger partial charge in [0, 0.05) is 6.04 Å². The summed E-state index contributed by atoms with van der Waals surface area (Å²) in [6.45, 7) is 3.74. The molecule has 0 heterocycles. The van der Waals surface area contributed by atoms with Crippen molar-refractivity contribution in [3.05, 3.63) is 12.7 Å². The van der Waals surface area contributed by atoms with Crippen LogP contribution in [0, 0.1) is 5.92 Å². The number of allylic oxidation sites excluding steroid dienone is 1. The fraction of sp³-hybridized carbons (Fsp3) is 0.833. The first-order valence-electron chi connectivity index (χ1n) is 5.94. The van der Waals surface area contributed by atoms with Gasteiger partial charge in [0.1, 0.15) is 0 Å². The maximum atomic E-state index is 5.51. The Bertz CT molecular complexity index is 150. The molecule has 2 nitrogen and oxygen atoms in total. The standard InChI is InChI=1S/C12H24N2/c1-2-3-8-12(14-13)10-9-11-6-4-5-7-11/h2,11-12,14H,1,3-10,13H2. The Morgan fingerprint density at radius 2 is 2.07 bits per heavy atom. The molecule has 1 aliphatic rings. The van der Waals surface area contributed by atoms with E-state index < -0.39 is 0 Å². The lowest BCUT2D eigenvalue weighted by Gasteiger charge is -2.17. The normalized spacial score (nSPS) is 19.8. The third-order valence-corrected chi connectivity index (χ3v) is 3.35. The molecule has 14 heavy (non-hydrogen) atoms. The second kappa shape index (κ2) is 7.02. The van der Waals surface area contributed by atoms with Crippen LogP contribution in [0.5, 0.6) is 0 Å². The van der Waals surface area contributed by atoms with E-state index in [4.69, 9.17) is 5.84 Å². The molecule has 0 amide bonds. The maximum absolute atomic E-state index is 5.51. The van der Waals surface area contributed by atoms with Crippen molar-refractivity contribution >= 4 is 0 Å². The average molecular weight is 196 g/mol. The monoisotopic (exact) mass is 196 g/mol. The van der Waals surface area contributed by atoms with Crippen LogP contribution < -0.4 is 11.3 Å². The molecule has 1 saturated carbocycles. The zero-order valence-corrected chi connectivity index (χ0v) is 9.17. The summed E-state index contributed by atoms with van der Waals surface area (Å²) in [6, 6.07) is 0.494. The van der Waals surface area contributed by atoms with Gasteiger partial charge in [0.25, 0.3) is 0 Å². The Labute approximate surface area is 87.9 Å². The summed E-state index contributed by atoms with van der Waals surface area (Å²) in [5, 5.41) is 0. The zero-order chi connectivity index (χ0) is 10.2. The van der Waals surface area contributed by atoms with Crippen LogP contribution in [-0.2, 0) is 0 Å². The van der Waals surface area contributed by atoms with E-state index in [1.807, 2.05) is 6.08 Å². The summed E-state index contributed by atoms with van der Waals surface area (Å²) in [5.74, 6) is 6.50. The topological polar surface area (TPSA) is 38.0 Å². The van der Waals surface area contributed by atoms with Crippen molar-refractivity contribution in [1.82, 2.24) is 5.43 Å². The van der Waals surface area contributed by atoms with Gasteiger partial charge in [0.15, 0.2) is 0 Å². The summed E-state index contributed by atoms with van der Waals surface area (Å²) in [4.78, 5) is 0. The lowest BCUT2D eigenvalue weighted by molar-refractivity contribution is 0.395. The highest BCUT2D eigenvalue weighted by Crippen LogP contribution is 2.29. The van der Waals surface area contributed by atoms with Gasteiger partial charge >= 0.3 is 0 Å². The molecule has 1 aliphatic carbocycles. The molecular formula is C12H24N2. The Morgan fingerprint density at radius 1 is 1.36 bits per heavy atom. The minimum Gasteiger partial charge on any atom is -0.271 e. The van der Waals surface area contributed by atoms with E-state index in [9.17, 15) is 0 Å². The molecule has 3 N–H and O–H groups in total. The van der Waals surface area contributed by atoms with Crippen molar-refractivity contribution in [2.45, 2.75) is 57.4 Å². The van der Waals surface area contributed by atoms with Gasteiger partial charge in [-0.05, 0) is 31.6 Å². The quantitative estimate of drug-likeness (QED) is 0.373. The molecule has 2 heteroatoms. The highest BCUT2D eigenvalue weighted by molar-refractivity contribution is 4.75. The molecule has 0 spiro atoms. The first-order chi connectivity index (χ1) is 6.86. The van der Waals surface area contributed by atoms with Gasteiger partial charge in [0.05, 0.1) is 0 Å². The Morgan fingerprint density at radius 3 is 2.64 bits per heavy atom. The molecule has 0 aromatic carbocycles. The minimum absolute atomic E-state index is 0.494. The molecule has 0 bridgehead atoms. The van der Waals surface area contributed by atoms with Crippen molar-refractivity contribution in [1.29, 1.82) is 0 Å². The Kier molecular flexibility index (Phi) is 5.88. The van der Waals surface area contributed by atoms with Gasteiger partial charge in [0.2, 0.25) is 0 Å². The molecule has 0 aromatic rings. The molecule has 1 unspecified atom stereocenters. The fourth-order valence-corrected chi connectivity index (χ4v) is 2.37. The molecular weight excluding hydrogens is 172 g/mol. The molecule has 0 aliphatic heterocycles. The van der Waals surface area contributed by atoms with E-state index >= 15 is 0 Å². The minimum atomic E-state index is 0.494. The first kappa shape index (κ1) is 11.7. The van der Waals surface area contributed by atoms with Crippen LogP contribution in [0.25, 0.3) is 0 Å². The lowest BCUT2D eigenvalue weighted by atomic mass is 9.97. The number of hydrogen-bond acceptors (Lipinski definition) is 2. The van der Waals surface area contributed by atoms with Gasteiger partial charge in [-0.2, -0.15) is 0 Å². The van der Waals surface area contributed by atoms with Crippen molar-refractivity contribution in [3.63, 3.8) is 0 Å². The summed E-state index contributed by atoms with van der Waals surface area (Å²) < 4.78 is 0. The van der Waals surface area contributed by atoms with Crippen LogP contribution in [0.1, 0.15) is 51.4 Å². The van der Waals surface area contributed by atoms with Crippen LogP contribution in [0.4, 0.5) is 0 Å². The third-order valence-electron chi connectivity index (χ3n) is 3.35. The van der Waals surface area contributed by atoms with Crippen molar-refractivity contribution in [2.75, 3.05) is 0 Å². The number of rotatable bonds is 7. The van der Waals surface area contributed by atoms with Gasteiger partial charge < -0.3 is 0 Å². The van der Waals surface area contributed by atoms with Crippen LogP contribution in [0.3, 0.4) is 0 Å². The molecule has 0 aromatic heterocycles. The molecule has 1 rings (SSSR count). The number of hydrazine groups is 1. The van der Waals surface area contributed by atoms with Crippen LogP contribution in [0.2, 0.25) is 0 Å². The first-order valence-corrected chi connectivity index (χ1v) is 5.94.